The highest BCUT2D eigenvalue weighted by molar-refractivity contribution is 5.39. The van der Waals surface area contributed by atoms with Crippen LogP contribution in [-0.2, 0) is 0 Å². The lowest BCUT2D eigenvalue weighted by molar-refractivity contribution is 0.260. The molecule has 3 atom stereocenters. The Hall–Kier alpha value is -1.36. The van der Waals surface area contributed by atoms with Crippen molar-refractivity contribution in [2.24, 2.45) is 17.7 Å². The summed E-state index contributed by atoms with van der Waals surface area (Å²) in [5.74, 6) is 8.19. The molecule has 17 heavy (non-hydrogen) atoms. The fraction of sp³-hybridized carbons (Fsp3) is 0.667. The summed E-state index contributed by atoms with van der Waals surface area (Å²) < 4.78 is 0. The lowest BCUT2D eigenvalue weighted by Crippen LogP contribution is -2.30. The van der Waals surface area contributed by atoms with Crippen molar-refractivity contribution in [3.8, 4) is 0 Å². The third-order valence-electron chi connectivity index (χ3n) is 3.73. The highest BCUT2D eigenvalue weighted by Gasteiger charge is 2.24. The zero-order valence-corrected chi connectivity index (χ0v) is 10.5. The van der Waals surface area contributed by atoms with Crippen molar-refractivity contribution in [1.29, 1.82) is 0 Å². The molecule has 4 N–H and O–H groups in total. The van der Waals surface area contributed by atoms with Crippen LogP contribution in [0.2, 0.25) is 0 Å². The molecule has 5 nitrogen and oxygen atoms in total. The number of nitrogens with two attached hydrogens (primary N) is 1. The number of nitrogens with one attached hydrogen (secondary N) is 2. The summed E-state index contributed by atoms with van der Waals surface area (Å²) in [5.41, 5.74) is 2.46. The van der Waals surface area contributed by atoms with Crippen molar-refractivity contribution in [2.75, 3.05) is 10.7 Å². The van der Waals surface area contributed by atoms with Crippen LogP contribution in [0.5, 0.6) is 0 Å². The molecular formula is C12H21N5. The summed E-state index contributed by atoms with van der Waals surface area (Å²) in [6.45, 7) is 4.66. The van der Waals surface area contributed by atoms with Gasteiger partial charge >= 0.3 is 0 Å². The monoisotopic (exact) mass is 235 g/mol. The first-order valence-corrected chi connectivity index (χ1v) is 6.25. The van der Waals surface area contributed by atoms with Crippen LogP contribution in [0, 0.1) is 11.8 Å². The van der Waals surface area contributed by atoms with Gasteiger partial charge in [-0.1, -0.05) is 13.8 Å². The Morgan fingerprint density at radius 3 is 2.82 bits per heavy atom. The number of nitrogen functional groups attached to an aromatic ring is 1. The first-order chi connectivity index (χ1) is 8.19. The average Bonchev–Trinajstić information content (AvgIpc) is 2.34. The van der Waals surface area contributed by atoms with Gasteiger partial charge in [-0.05, 0) is 37.2 Å². The van der Waals surface area contributed by atoms with Gasteiger partial charge in [0.25, 0.3) is 0 Å². The van der Waals surface area contributed by atoms with E-state index in [0.29, 0.717) is 12.0 Å². The number of anilines is 2. The van der Waals surface area contributed by atoms with Crippen molar-refractivity contribution >= 4 is 11.8 Å². The van der Waals surface area contributed by atoms with Crippen molar-refractivity contribution in [3.63, 3.8) is 0 Å². The van der Waals surface area contributed by atoms with E-state index in [2.05, 4.69) is 34.6 Å². The number of hydrogen-bond donors (Lipinski definition) is 3. The highest BCUT2D eigenvalue weighted by Crippen LogP contribution is 2.30. The Kier molecular flexibility index (Phi) is 3.78. The molecule has 0 aromatic carbocycles. The fourth-order valence-electron chi connectivity index (χ4n) is 2.40. The van der Waals surface area contributed by atoms with Crippen LogP contribution < -0.4 is 16.6 Å². The number of nitrogens with zero attached hydrogens (tertiary/aromatic N) is 2. The van der Waals surface area contributed by atoms with Crippen LogP contribution in [0.1, 0.15) is 33.1 Å². The third kappa shape index (κ3) is 3.06. The van der Waals surface area contributed by atoms with E-state index in [-0.39, 0.29) is 0 Å². The lowest BCUT2D eigenvalue weighted by Gasteiger charge is -2.32. The fourth-order valence-corrected chi connectivity index (χ4v) is 2.40. The van der Waals surface area contributed by atoms with E-state index >= 15 is 0 Å². The van der Waals surface area contributed by atoms with E-state index in [9.17, 15) is 0 Å². The molecule has 1 aliphatic carbocycles. The lowest BCUT2D eigenvalue weighted by atomic mass is 9.79. The maximum Gasteiger partial charge on any atom is 0.239 e. The maximum absolute atomic E-state index is 5.29. The average molecular weight is 235 g/mol. The van der Waals surface area contributed by atoms with E-state index in [1.54, 1.807) is 6.20 Å². The number of hydrogen-bond acceptors (Lipinski definition) is 5. The van der Waals surface area contributed by atoms with Crippen LogP contribution in [-0.4, -0.2) is 16.0 Å². The summed E-state index contributed by atoms with van der Waals surface area (Å²) in [7, 11) is 0. The van der Waals surface area contributed by atoms with Gasteiger partial charge in [0.1, 0.15) is 5.82 Å². The second kappa shape index (κ2) is 5.31. The van der Waals surface area contributed by atoms with Crippen LogP contribution in [0.25, 0.3) is 0 Å². The summed E-state index contributed by atoms with van der Waals surface area (Å²) in [6.07, 6.45) is 5.41. The summed E-state index contributed by atoms with van der Waals surface area (Å²) >= 11 is 0. The molecule has 0 saturated heterocycles. The molecular weight excluding hydrogens is 214 g/mol. The van der Waals surface area contributed by atoms with Crippen LogP contribution >= 0.6 is 0 Å². The minimum absolute atomic E-state index is 0.451. The molecule has 0 aliphatic heterocycles. The van der Waals surface area contributed by atoms with Gasteiger partial charge in [0, 0.05) is 12.2 Å². The predicted molar refractivity (Wildman–Crippen MR) is 69.4 cm³/mol. The van der Waals surface area contributed by atoms with E-state index in [1.165, 1.54) is 19.3 Å². The van der Waals surface area contributed by atoms with Crippen LogP contribution in [0.4, 0.5) is 11.8 Å². The molecule has 0 amide bonds. The molecule has 0 radical (unpaired) electrons. The second-order valence-corrected chi connectivity index (χ2v) is 5.02. The molecule has 0 spiro atoms. The minimum Gasteiger partial charge on any atom is -0.367 e. The number of hydrazine groups is 1. The standard InChI is InChI=1S/C12H21N5/c1-8-3-4-10(7-9(8)2)15-11-5-6-14-12(16-11)17-13/h5-6,8-10H,3-4,7,13H2,1-2H3,(H2,14,15,16,17). The first kappa shape index (κ1) is 12.1. The number of aromatic nitrogens is 2. The SMILES string of the molecule is CC1CCC(Nc2ccnc(NN)n2)CC1C. The third-order valence-corrected chi connectivity index (χ3v) is 3.73. The zero-order chi connectivity index (χ0) is 12.3. The Labute approximate surface area is 102 Å². The van der Waals surface area contributed by atoms with E-state index in [4.69, 9.17) is 5.84 Å². The Balaban J connectivity index is 1.96. The largest absolute Gasteiger partial charge is 0.367 e. The summed E-state index contributed by atoms with van der Waals surface area (Å²) in [5, 5.41) is 3.46. The molecule has 5 heteroatoms. The predicted octanol–water partition coefficient (Wildman–Crippen LogP) is 2.00. The van der Waals surface area contributed by atoms with Crippen LogP contribution in [0.15, 0.2) is 12.3 Å². The Morgan fingerprint density at radius 2 is 2.12 bits per heavy atom. The molecule has 1 heterocycles. The van der Waals surface area contributed by atoms with Crippen molar-refractivity contribution in [3.05, 3.63) is 12.3 Å². The van der Waals surface area contributed by atoms with Crippen molar-refractivity contribution in [2.45, 2.75) is 39.2 Å². The number of rotatable bonds is 3. The normalized spacial score (nSPS) is 28.8. The van der Waals surface area contributed by atoms with Crippen molar-refractivity contribution in [1.82, 2.24) is 9.97 Å². The molecule has 2 rings (SSSR count). The molecule has 1 saturated carbocycles. The molecule has 1 aromatic heterocycles. The van der Waals surface area contributed by atoms with Gasteiger partial charge in [0.2, 0.25) is 5.95 Å². The van der Waals surface area contributed by atoms with Gasteiger partial charge in [0.15, 0.2) is 0 Å². The molecule has 1 aromatic rings. The molecule has 0 bridgehead atoms. The van der Waals surface area contributed by atoms with Gasteiger partial charge in [-0.25, -0.2) is 10.8 Å². The Bertz CT molecular complexity index is 368. The molecule has 94 valence electrons. The van der Waals surface area contributed by atoms with Gasteiger partial charge in [-0.2, -0.15) is 4.98 Å². The molecule has 1 aliphatic rings. The minimum atomic E-state index is 0.451. The second-order valence-electron chi connectivity index (χ2n) is 5.02. The Morgan fingerprint density at radius 1 is 1.29 bits per heavy atom. The topological polar surface area (TPSA) is 75.9 Å². The quantitative estimate of drug-likeness (QED) is 0.552. The highest BCUT2D eigenvalue weighted by atomic mass is 15.3. The van der Waals surface area contributed by atoms with E-state index in [1.807, 2.05) is 6.07 Å². The van der Waals surface area contributed by atoms with E-state index < -0.39 is 0 Å². The molecule has 3 unspecified atom stereocenters. The summed E-state index contributed by atoms with van der Waals surface area (Å²) in [6, 6.07) is 2.39. The smallest absolute Gasteiger partial charge is 0.239 e. The first-order valence-electron chi connectivity index (χ1n) is 6.25. The van der Waals surface area contributed by atoms with Crippen molar-refractivity contribution < 1.29 is 0 Å². The van der Waals surface area contributed by atoms with Gasteiger partial charge in [0.05, 0.1) is 0 Å². The van der Waals surface area contributed by atoms with Crippen LogP contribution in [0.3, 0.4) is 0 Å². The van der Waals surface area contributed by atoms with Gasteiger partial charge in [-0.15, -0.1) is 0 Å². The maximum atomic E-state index is 5.29. The van der Waals surface area contributed by atoms with Gasteiger partial charge in [-0.3, -0.25) is 5.43 Å². The van der Waals surface area contributed by atoms with E-state index in [0.717, 1.165) is 17.7 Å². The zero-order valence-electron chi connectivity index (χ0n) is 10.5. The summed E-state index contributed by atoms with van der Waals surface area (Å²) in [4.78, 5) is 8.26. The van der Waals surface area contributed by atoms with Gasteiger partial charge < -0.3 is 5.32 Å². The molecule has 1 fully saturated rings.